The van der Waals surface area contributed by atoms with Crippen LogP contribution in [0.2, 0.25) is 0 Å². The lowest BCUT2D eigenvalue weighted by Gasteiger charge is -2.33. The van der Waals surface area contributed by atoms with Gasteiger partial charge in [0.1, 0.15) is 6.61 Å². The van der Waals surface area contributed by atoms with Crippen molar-refractivity contribution in [2.24, 2.45) is 5.41 Å². The number of nitrogens with one attached hydrogen (secondary N) is 2. The molecule has 0 aromatic heterocycles. The van der Waals surface area contributed by atoms with Crippen LogP contribution < -0.4 is 10.6 Å². The van der Waals surface area contributed by atoms with Crippen LogP contribution in [-0.4, -0.2) is 48.4 Å². The number of ether oxygens (including phenoxy) is 2. The van der Waals surface area contributed by atoms with Gasteiger partial charge >= 0.3 is 12.1 Å². The molecule has 2 atom stereocenters. The SMILES string of the molecule is CCC(CC)(CNC(=O)OCC1c2ccccc2-c2ccccc21)C(=O)NC(C(=O)O)C(C)OCc1ccccc1. The first-order valence-electron chi connectivity index (χ1n) is 14.1. The minimum absolute atomic E-state index is 0.00804. The topological polar surface area (TPSA) is 114 Å². The van der Waals surface area contributed by atoms with E-state index in [0.29, 0.717) is 12.8 Å². The van der Waals surface area contributed by atoms with Gasteiger partial charge in [-0.05, 0) is 47.6 Å². The second kappa shape index (κ2) is 13.5. The van der Waals surface area contributed by atoms with Gasteiger partial charge in [-0.25, -0.2) is 9.59 Å². The highest BCUT2D eigenvalue weighted by molar-refractivity contribution is 5.88. The van der Waals surface area contributed by atoms with Crippen LogP contribution in [0, 0.1) is 5.41 Å². The molecule has 2 amide bonds. The van der Waals surface area contributed by atoms with Crippen molar-refractivity contribution in [2.75, 3.05) is 13.2 Å². The highest BCUT2D eigenvalue weighted by Gasteiger charge is 2.39. The molecule has 3 N–H and O–H groups in total. The molecule has 0 saturated heterocycles. The predicted octanol–water partition coefficient (Wildman–Crippen LogP) is 5.51. The number of carboxylic acid groups (broad SMARTS) is 1. The molecule has 0 radical (unpaired) electrons. The monoisotopic (exact) mass is 558 g/mol. The Morgan fingerprint density at radius 2 is 1.44 bits per heavy atom. The van der Waals surface area contributed by atoms with Crippen molar-refractivity contribution >= 4 is 18.0 Å². The van der Waals surface area contributed by atoms with Crippen LogP contribution in [0.5, 0.6) is 0 Å². The summed E-state index contributed by atoms with van der Waals surface area (Å²) in [6, 6.07) is 24.3. The fraction of sp³-hybridized carbons (Fsp3) is 0.364. The second-order valence-corrected chi connectivity index (χ2v) is 10.5. The number of carbonyl (C=O) groups excluding carboxylic acids is 2. The van der Waals surface area contributed by atoms with Crippen molar-refractivity contribution in [2.45, 2.75) is 58.3 Å². The molecule has 2 unspecified atom stereocenters. The van der Waals surface area contributed by atoms with Gasteiger partial charge < -0.3 is 25.2 Å². The summed E-state index contributed by atoms with van der Waals surface area (Å²) in [7, 11) is 0. The number of amides is 2. The van der Waals surface area contributed by atoms with Gasteiger partial charge in [0.05, 0.1) is 18.1 Å². The molecule has 0 bridgehead atoms. The van der Waals surface area contributed by atoms with Crippen LogP contribution in [-0.2, 0) is 25.7 Å². The molecule has 0 aliphatic heterocycles. The minimum atomic E-state index is -1.25. The van der Waals surface area contributed by atoms with Gasteiger partial charge in [-0.2, -0.15) is 0 Å². The van der Waals surface area contributed by atoms with Crippen molar-refractivity contribution < 1.29 is 29.0 Å². The van der Waals surface area contributed by atoms with Crippen molar-refractivity contribution in [3.8, 4) is 11.1 Å². The first-order valence-corrected chi connectivity index (χ1v) is 14.1. The zero-order valence-corrected chi connectivity index (χ0v) is 23.8. The first kappa shape index (κ1) is 29.8. The molecule has 3 aromatic rings. The maximum atomic E-state index is 13.5. The summed E-state index contributed by atoms with van der Waals surface area (Å²) in [6.45, 7) is 5.69. The molecule has 41 heavy (non-hydrogen) atoms. The van der Waals surface area contributed by atoms with Crippen molar-refractivity contribution in [1.29, 1.82) is 0 Å². The molecule has 0 spiro atoms. The number of rotatable bonds is 13. The summed E-state index contributed by atoms with van der Waals surface area (Å²) < 4.78 is 11.4. The Morgan fingerprint density at radius 3 is 2.00 bits per heavy atom. The highest BCUT2D eigenvalue weighted by Crippen LogP contribution is 2.44. The Morgan fingerprint density at radius 1 is 0.878 bits per heavy atom. The van der Waals surface area contributed by atoms with Crippen LogP contribution in [0.4, 0.5) is 4.79 Å². The summed E-state index contributed by atoms with van der Waals surface area (Å²) in [5.41, 5.74) is 4.39. The van der Waals surface area contributed by atoms with Gasteiger partial charge in [-0.1, -0.05) is 92.7 Å². The number of alkyl carbamates (subject to hydrolysis) is 1. The number of carboxylic acids is 1. The van der Waals surface area contributed by atoms with Crippen LogP contribution >= 0.6 is 0 Å². The van der Waals surface area contributed by atoms with E-state index in [1.54, 1.807) is 6.92 Å². The molecule has 216 valence electrons. The molecule has 1 aliphatic rings. The summed E-state index contributed by atoms with van der Waals surface area (Å²) in [4.78, 5) is 38.3. The van der Waals surface area contributed by atoms with E-state index in [2.05, 4.69) is 22.8 Å². The maximum Gasteiger partial charge on any atom is 0.407 e. The lowest BCUT2D eigenvalue weighted by Crippen LogP contribution is -2.55. The van der Waals surface area contributed by atoms with Crippen LogP contribution in [0.15, 0.2) is 78.9 Å². The van der Waals surface area contributed by atoms with Crippen LogP contribution in [0.1, 0.15) is 56.2 Å². The maximum absolute atomic E-state index is 13.5. The predicted molar refractivity (Wildman–Crippen MR) is 156 cm³/mol. The van der Waals surface area contributed by atoms with Gasteiger partial charge in [-0.3, -0.25) is 4.79 Å². The Hall–Kier alpha value is -4.17. The van der Waals surface area contributed by atoms with Crippen LogP contribution in [0.3, 0.4) is 0 Å². The molecule has 0 saturated carbocycles. The average Bonchev–Trinajstić information content (AvgIpc) is 3.32. The number of aliphatic carboxylic acids is 1. The lowest BCUT2D eigenvalue weighted by atomic mass is 9.81. The summed E-state index contributed by atoms with van der Waals surface area (Å²) in [5, 5.41) is 15.3. The molecule has 0 heterocycles. The number of carbonyl (C=O) groups is 3. The number of hydrogen-bond donors (Lipinski definition) is 3. The standard InChI is InChI=1S/C33H38N2O6/c1-4-33(5-2,31(38)35-29(30(36)37)22(3)40-19-23-13-7-6-8-14-23)21-34-32(39)41-20-28-26-17-11-9-15-24(26)25-16-10-12-18-27(25)28/h6-18,22,28-29H,4-5,19-21H2,1-3H3,(H,34,39)(H,35,38)(H,36,37). The average molecular weight is 559 g/mol. The fourth-order valence-corrected chi connectivity index (χ4v) is 5.36. The van der Waals surface area contributed by atoms with E-state index >= 15 is 0 Å². The quantitative estimate of drug-likeness (QED) is 0.255. The molecular weight excluding hydrogens is 520 g/mol. The second-order valence-electron chi connectivity index (χ2n) is 10.5. The zero-order chi connectivity index (χ0) is 29.4. The van der Waals surface area contributed by atoms with Gasteiger partial charge in [-0.15, -0.1) is 0 Å². The Kier molecular flexibility index (Phi) is 9.78. The number of hydrogen-bond acceptors (Lipinski definition) is 5. The summed E-state index contributed by atoms with van der Waals surface area (Å²) in [6.07, 6.45) is -0.617. The smallest absolute Gasteiger partial charge is 0.407 e. The van der Waals surface area contributed by atoms with E-state index in [-0.39, 0.29) is 25.7 Å². The van der Waals surface area contributed by atoms with Crippen LogP contribution in [0.25, 0.3) is 11.1 Å². The van der Waals surface area contributed by atoms with Gasteiger partial charge in [0.25, 0.3) is 0 Å². The largest absolute Gasteiger partial charge is 0.480 e. The first-order chi connectivity index (χ1) is 19.8. The van der Waals surface area contributed by atoms with Gasteiger partial charge in [0.2, 0.25) is 5.91 Å². The van der Waals surface area contributed by atoms with E-state index in [1.807, 2.05) is 80.6 Å². The third kappa shape index (κ3) is 6.77. The molecular formula is C33H38N2O6. The van der Waals surface area contributed by atoms with Crippen molar-refractivity contribution in [1.82, 2.24) is 10.6 Å². The van der Waals surface area contributed by atoms with E-state index in [9.17, 15) is 19.5 Å². The lowest BCUT2D eigenvalue weighted by molar-refractivity contribution is -0.148. The summed E-state index contributed by atoms with van der Waals surface area (Å²) >= 11 is 0. The normalized spacial score (nSPS) is 13.9. The Balaban J connectivity index is 1.35. The van der Waals surface area contributed by atoms with E-state index in [4.69, 9.17) is 9.47 Å². The molecule has 4 rings (SSSR count). The molecule has 0 fully saturated rings. The third-order valence-corrected chi connectivity index (χ3v) is 8.13. The van der Waals surface area contributed by atoms with Crippen molar-refractivity contribution in [3.63, 3.8) is 0 Å². The molecule has 8 heteroatoms. The Bertz CT molecular complexity index is 1310. The zero-order valence-electron chi connectivity index (χ0n) is 23.8. The van der Waals surface area contributed by atoms with Gasteiger partial charge in [0.15, 0.2) is 6.04 Å². The molecule has 8 nitrogen and oxygen atoms in total. The number of benzene rings is 3. The number of fused-ring (bicyclic) bond motifs is 3. The minimum Gasteiger partial charge on any atom is -0.480 e. The molecule has 1 aliphatic carbocycles. The van der Waals surface area contributed by atoms with E-state index in [1.165, 1.54) is 0 Å². The summed E-state index contributed by atoms with van der Waals surface area (Å²) in [5.74, 6) is -1.72. The van der Waals surface area contributed by atoms with Gasteiger partial charge in [0, 0.05) is 12.5 Å². The Labute approximate surface area is 241 Å². The van der Waals surface area contributed by atoms with E-state index < -0.39 is 35.5 Å². The fourth-order valence-electron chi connectivity index (χ4n) is 5.36. The van der Waals surface area contributed by atoms with Crippen molar-refractivity contribution in [3.05, 3.63) is 95.6 Å². The molecule has 3 aromatic carbocycles. The highest BCUT2D eigenvalue weighted by atomic mass is 16.5. The third-order valence-electron chi connectivity index (χ3n) is 8.13. The van der Waals surface area contributed by atoms with E-state index in [0.717, 1.165) is 27.8 Å².